The molecule has 3 rings (SSSR count). The molecule has 0 saturated carbocycles. The van der Waals surface area contributed by atoms with Crippen LogP contribution in [0, 0.1) is 0 Å². The van der Waals surface area contributed by atoms with Crippen molar-refractivity contribution in [3.8, 4) is 0 Å². The lowest BCUT2D eigenvalue weighted by Gasteiger charge is -2.28. The molecule has 1 aromatic rings. The fourth-order valence-corrected chi connectivity index (χ4v) is 3.12. The van der Waals surface area contributed by atoms with Crippen LogP contribution in [0.2, 0.25) is 0 Å². The Kier molecular flexibility index (Phi) is 4.53. The zero-order valence-corrected chi connectivity index (χ0v) is 12.2. The van der Waals surface area contributed by atoms with Crippen molar-refractivity contribution in [3.05, 3.63) is 35.4 Å². The minimum Gasteiger partial charge on any atom is -0.392 e. The number of carbonyl (C=O) groups excluding carboxylic acids is 1. The van der Waals surface area contributed by atoms with E-state index in [0.29, 0.717) is 19.5 Å². The second-order valence-electron chi connectivity index (χ2n) is 5.94. The van der Waals surface area contributed by atoms with Gasteiger partial charge in [0.2, 0.25) is 5.91 Å². The maximum absolute atomic E-state index is 11.9. The Hall–Kier alpha value is -1.43. The van der Waals surface area contributed by atoms with Crippen molar-refractivity contribution < 1.29 is 9.90 Å². The van der Waals surface area contributed by atoms with Crippen LogP contribution in [0.25, 0.3) is 0 Å². The molecule has 0 bridgehead atoms. The first-order valence-corrected chi connectivity index (χ1v) is 7.70. The molecule has 1 aromatic carbocycles. The minimum atomic E-state index is -0.389. The smallest absolute Gasteiger partial charge is 0.237 e. The van der Waals surface area contributed by atoms with E-state index in [1.165, 1.54) is 11.1 Å². The largest absolute Gasteiger partial charge is 0.392 e. The number of aliphatic hydroxyl groups excluding tert-OH is 1. The first kappa shape index (κ1) is 14.5. The topological polar surface area (TPSA) is 64.6 Å². The first-order chi connectivity index (χ1) is 10.2. The van der Waals surface area contributed by atoms with Gasteiger partial charge in [-0.15, -0.1) is 0 Å². The number of rotatable bonds is 4. The second-order valence-corrected chi connectivity index (χ2v) is 5.94. The Morgan fingerprint density at radius 1 is 1.38 bits per heavy atom. The summed E-state index contributed by atoms with van der Waals surface area (Å²) in [5, 5.41) is 15.4. The molecule has 2 aliphatic heterocycles. The lowest BCUT2D eigenvalue weighted by molar-refractivity contribution is -0.123. The number of hydrogen-bond donors (Lipinski definition) is 3. The summed E-state index contributed by atoms with van der Waals surface area (Å²) in [7, 11) is 0. The predicted octanol–water partition coefficient (Wildman–Crippen LogP) is -0.116. The molecule has 0 aromatic heterocycles. The van der Waals surface area contributed by atoms with Gasteiger partial charge in [0.25, 0.3) is 0 Å². The van der Waals surface area contributed by atoms with E-state index in [9.17, 15) is 9.90 Å². The summed E-state index contributed by atoms with van der Waals surface area (Å²) >= 11 is 0. The van der Waals surface area contributed by atoms with E-state index in [0.717, 1.165) is 26.1 Å². The van der Waals surface area contributed by atoms with Gasteiger partial charge in [0, 0.05) is 32.7 Å². The van der Waals surface area contributed by atoms with E-state index >= 15 is 0 Å². The average molecular weight is 289 g/mol. The molecule has 0 radical (unpaired) electrons. The number of aliphatic hydroxyl groups is 1. The van der Waals surface area contributed by atoms with Crippen molar-refractivity contribution in [3.63, 3.8) is 0 Å². The van der Waals surface area contributed by atoms with Crippen molar-refractivity contribution in [2.75, 3.05) is 26.2 Å². The number of fused-ring (bicyclic) bond motifs is 1. The molecule has 2 atom stereocenters. The van der Waals surface area contributed by atoms with E-state index in [2.05, 4.69) is 39.8 Å². The number of amides is 1. The zero-order chi connectivity index (χ0) is 14.7. The van der Waals surface area contributed by atoms with Gasteiger partial charge in [-0.05, 0) is 24.0 Å². The number of nitrogens with one attached hydrogen (secondary N) is 2. The lowest BCUT2D eigenvalue weighted by Crippen LogP contribution is -2.44. The third-order valence-corrected chi connectivity index (χ3v) is 4.36. The molecule has 2 aliphatic rings. The van der Waals surface area contributed by atoms with Gasteiger partial charge in [-0.3, -0.25) is 9.69 Å². The molecule has 3 N–H and O–H groups in total. The quantitative estimate of drug-likeness (QED) is 0.723. The predicted molar refractivity (Wildman–Crippen MR) is 80.8 cm³/mol. The summed E-state index contributed by atoms with van der Waals surface area (Å²) < 4.78 is 0. The van der Waals surface area contributed by atoms with Crippen molar-refractivity contribution in [2.24, 2.45) is 0 Å². The highest BCUT2D eigenvalue weighted by atomic mass is 16.3. The standard InChI is InChI=1S/C16H23N3O2/c20-14-9-15(18-10-14)16(21)17-6-8-19-7-5-12-3-1-2-4-13(12)11-19/h1-4,14-15,18,20H,5-11H2,(H,17,21). The van der Waals surface area contributed by atoms with Crippen LogP contribution in [0.4, 0.5) is 0 Å². The zero-order valence-electron chi connectivity index (χ0n) is 12.2. The van der Waals surface area contributed by atoms with Crippen LogP contribution < -0.4 is 10.6 Å². The van der Waals surface area contributed by atoms with Crippen LogP contribution in [-0.4, -0.2) is 54.2 Å². The van der Waals surface area contributed by atoms with E-state index in [1.54, 1.807) is 0 Å². The SMILES string of the molecule is O=C(NCCN1CCc2ccccc2C1)C1CC(O)CN1. The lowest BCUT2D eigenvalue weighted by atomic mass is 10.00. The molecule has 0 aliphatic carbocycles. The van der Waals surface area contributed by atoms with Gasteiger partial charge in [0.1, 0.15) is 0 Å². The summed E-state index contributed by atoms with van der Waals surface area (Å²) in [6, 6.07) is 8.33. The molecule has 1 amide bonds. The van der Waals surface area contributed by atoms with Crippen LogP contribution in [0.15, 0.2) is 24.3 Å². The fourth-order valence-electron chi connectivity index (χ4n) is 3.12. The molecule has 2 unspecified atom stereocenters. The third kappa shape index (κ3) is 3.61. The molecular formula is C16H23N3O2. The average Bonchev–Trinajstić information content (AvgIpc) is 2.94. The van der Waals surface area contributed by atoms with Gasteiger partial charge in [-0.2, -0.15) is 0 Å². The van der Waals surface area contributed by atoms with Gasteiger partial charge >= 0.3 is 0 Å². The summed E-state index contributed by atoms with van der Waals surface area (Å²) in [5.74, 6) is 0.00367. The van der Waals surface area contributed by atoms with Gasteiger partial charge in [-0.25, -0.2) is 0 Å². The minimum absolute atomic E-state index is 0.00367. The molecule has 21 heavy (non-hydrogen) atoms. The summed E-state index contributed by atoms with van der Waals surface area (Å²) in [4.78, 5) is 14.3. The number of β-amino-alcohol motifs (C(OH)–C–C–N with tert-alkyl or cyclic N) is 1. The Bertz CT molecular complexity index is 506. The van der Waals surface area contributed by atoms with E-state index in [1.807, 2.05) is 0 Å². The van der Waals surface area contributed by atoms with Crippen molar-refractivity contribution >= 4 is 5.91 Å². The van der Waals surface area contributed by atoms with Crippen LogP contribution >= 0.6 is 0 Å². The van der Waals surface area contributed by atoms with Crippen molar-refractivity contribution in [2.45, 2.75) is 31.5 Å². The molecule has 5 heteroatoms. The highest BCUT2D eigenvalue weighted by molar-refractivity contribution is 5.82. The van der Waals surface area contributed by atoms with E-state index < -0.39 is 0 Å². The molecule has 2 heterocycles. The van der Waals surface area contributed by atoms with Gasteiger partial charge in [-0.1, -0.05) is 24.3 Å². The molecular weight excluding hydrogens is 266 g/mol. The van der Waals surface area contributed by atoms with Crippen LogP contribution in [0.3, 0.4) is 0 Å². The number of nitrogens with zero attached hydrogens (tertiary/aromatic N) is 1. The van der Waals surface area contributed by atoms with Crippen LogP contribution in [0.1, 0.15) is 17.5 Å². The highest BCUT2D eigenvalue weighted by Crippen LogP contribution is 2.17. The Morgan fingerprint density at radius 3 is 2.95 bits per heavy atom. The van der Waals surface area contributed by atoms with Crippen LogP contribution in [0.5, 0.6) is 0 Å². The van der Waals surface area contributed by atoms with Gasteiger partial charge in [0.05, 0.1) is 12.1 Å². The maximum Gasteiger partial charge on any atom is 0.237 e. The van der Waals surface area contributed by atoms with Gasteiger partial charge in [0.15, 0.2) is 0 Å². The number of hydrogen-bond acceptors (Lipinski definition) is 4. The van der Waals surface area contributed by atoms with Crippen molar-refractivity contribution in [1.82, 2.24) is 15.5 Å². The molecule has 5 nitrogen and oxygen atoms in total. The fraction of sp³-hybridized carbons (Fsp3) is 0.562. The molecule has 0 spiro atoms. The molecule has 1 saturated heterocycles. The highest BCUT2D eigenvalue weighted by Gasteiger charge is 2.27. The Morgan fingerprint density at radius 2 is 2.19 bits per heavy atom. The number of carbonyl (C=O) groups is 1. The summed E-state index contributed by atoms with van der Waals surface area (Å²) in [6.07, 6.45) is 1.21. The summed E-state index contributed by atoms with van der Waals surface area (Å²) in [5.41, 5.74) is 2.84. The van der Waals surface area contributed by atoms with Crippen molar-refractivity contribution in [1.29, 1.82) is 0 Å². The monoisotopic (exact) mass is 289 g/mol. The molecule has 114 valence electrons. The first-order valence-electron chi connectivity index (χ1n) is 7.70. The van der Waals surface area contributed by atoms with Gasteiger partial charge < -0.3 is 15.7 Å². The van der Waals surface area contributed by atoms with E-state index in [4.69, 9.17) is 0 Å². The number of benzene rings is 1. The Labute approximate surface area is 125 Å². The second kappa shape index (κ2) is 6.56. The van der Waals surface area contributed by atoms with Crippen LogP contribution in [-0.2, 0) is 17.8 Å². The third-order valence-electron chi connectivity index (χ3n) is 4.36. The summed E-state index contributed by atoms with van der Waals surface area (Å²) in [6.45, 7) is 4.06. The Balaban J connectivity index is 1.41. The normalized spacial score (nSPS) is 25.6. The maximum atomic E-state index is 11.9. The molecule has 1 fully saturated rings. The van der Waals surface area contributed by atoms with E-state index in [-0.39, 0.29) is 18.1 Å².